The number of nitrogens with zero attached hydrogens (tertiary/aromatic N) is 2. The maximum Gasteiger partial charge on any atom is 0.0662 e. The number of ether oxygens (including phenoxy) is 2. The minimum atomic E-state index is 0.0290. The van der Waals surface area contributed by atoms with Crippen LogP contribution in [0.2, 0.25) is 0 Å². The second-order valence-corrected chi connectivity index (χ2v) is 4.56. The predicted octanol–water partition coefficient (Wildman–Crippen LogP) is 1.57. The van der Waals surface area contributed by atoms with Crippen LogP contribution >= 0.6 is 0 Å². The van der Waals surface area contributed by atoms with E-state index in [1.54, 1.807) is 7.11 Å². The van der Waals surface area contributed by atoms with Crippen LogP contribution in [-0.2, 0) is 16.0 Å². The van der Waals surface area contributed by atoms with Crippen LogP contribution < -0.4 is 5.73 Å². The Labute approximate surface area is 109 Å². The number of methoxy groups -OCH3 is 1. The first kappa shape index (κ1) is 15.1. The minimum absolute atomic E-state index is 0.0290. The van der Waals surface area contributed by atoms with E-state index < -0.39 is 0 Å². The van der Waals surface area contributed by atoms with Crippen LogP contribution in [0.5, 0.6) is 0 Å². The molecule has 0 aliphatic carbocycles. The molecule has 0 aromatic carbocycles. The molecule has 1 rings (SSSR count). The second-order valence-electron chi connectivity index (χ2n) is 4.56. The maximum atomic E-state index is 5.94. The Morgan fingerprint density at radius 3 is 2.56 bits per heavy atom. The molecule has 0 spiro atoms. The molecule has 1 atom stereocenters. The molecule has 0 amide bonds. The van der Waals surface area contributed by atoms with Crippen LogP contribution in [0, 0.1) is 13.8 Å². The SMILES string of the molecule is COCCCOCCn1nc(C)c(C(C)N)c1C. The van der Waals surface area contributed by atoms with E-state index in [1.807, 2.05) is 18.5 Å². The molecule has 0 fully saturated rings. The first-order valence-corrected chi connectivity index (χ1v) is 6.44. The van der Waals surface area contributed by atoms with Crippen molar-refractivity contribution in [2.24, 2.45) is 5.73 Å². The minimum Gasteiger partial charge on any atom is -0.385 e. The zero-order valence-corrected chi connectivity index (χ0v) is 11.9. The summed E-state index contributed by atoms with van der Waals surface area (Å²) in [7, 11) is 1.70. The predicted molar refractivity (Wildman–Crippen MR) is 71.6 cm³/mol. The van der Waals surface area contributed by atoms with Crippen molar-refractivity contribution in [3.8, 4) is 0 Å². The van der Waals surface area contributed by atoms with Crippen molar-refractivity contribution in [1.82, 2.24) is 9.78 Å². The summed E-state index contributed by atoms with van der Waals surface area (Å²) in [6, 6.07) is 0.0290. The lowest BCUT2D eigenvalue weighted by Gasteiger charge is -2.08. The molecule has 0 saturated heterocycles. The fourth-order valence-electron chi connectivity index (χ4n) is 2.15. The average molecular weight is 255 g/mol. The summed E-state index contributed by atoms with van der Waals surface area (Å²) in [6.45, 7) is 8.96. The fourth-order valence-corrected chi connectivity index (χ4v) is 2.15. The summed E-state index contributed by atoms with van der Waals surface area (Å²) in [5.74, 6) is 0. The molecular formula is C13H25N3O2. The highest BCUT2D eigenvalue weighted by molar-refractivity contribution is 5.27. The highest BCUT2D eigenvalue weighted by atomic mass is 16.5. The first-order valence-electron chi connectivity index (χ1n) is 6.44. The third kappa shape index (κ3) is 4.08. The van der Waals surface area contributed by atoms with E-state index in [9.17, 15) is 0 Å². The van der Waals surface area contributed by atoms with Crippen molar-refractivity contribution >= 4 is 0 Å². The van der Waals surface area contributed by atoms with Crippen molar-refractivity contribution in [1.29, 1.82) is 0 Å². The van der Waals surface area contributed by atoms with E-state index >= 15 is 0 Å². The van der Waals surface area contributed by atoms with E-state index in [2.05, 4.69) is 12.0 Å². The highest BCUT2D eigenvalue weighted by Crippen LogP contribution is 2.19. The van der Waals surface area contributed by atoms with Crippen LogP contribution in [0.3, 0.4) is 0 Å². The van der Waals surface area contributed by atoms with Gasteiger partial charge in [0.05, 0.1) is 18.8 Å². The molecule has 1 aromatic rings. The first-order chi connectivity index (χ1) is 8.57. The molecule has 1 aromatic heterocycles. The Morgan fingerprint density at radius 2 is 2.00 bits per heavy atom. The van der Waals surface area contributed by atoms with Gasteiger partial charge in [0.15, 0.2) is 0 Å². The van der Waals surface area contributed by atoms with Crippen LogP contribution in [0.15, 0.2) is 0 Å². The molecular weight excluding hydrogens is 230 g/mol. The molecule has 0 radical (unpaired) electrons. The lowest BCUT2D eigenvalue weighted by Crippen LogP contribution is -2.12. The van der Waals surface area contributed by atoms with E-state index in [0.29, 0.717) is 6.61 Å². The maximum absolute atomic E-state index is 5.94. The molecule has 5 nitrogen and oxygen atoms in total. The van der Waals surface area contributed by atoms with Gasteiger partial charge >= 0.3 is 0 Å². The van der Waals surface area contributed by atoms with Crippen molar-refractivity contribution in [3.63, 3.8) is 0 Å². The number of aromatic nitrogens is 2. The Balaban J connectivity index is 2.41. The lowest BCUT2D eigenvalue weighted by atomic mass is 10.1. The van der Waals surface area contributed by atoms with Gasteiger partial charge in [0.25, 0.3) is 0 Å². The summed E-state index contributed by atoms with van der Waals surface area (Å²) < 4.78 is 12.5. The molecule has 18 heavy (non-hydrogen) atoms. The highest BCUT2D eigenvalue weighted by Gasteiger charge is 2.14. The smallest absolute Gasteiger partial charge is 0.0662 e. The Hall–Kier alpha value is -0.910. The average Bonchev–Trinajstić information content (AvgIpc) is 2.59. The molecule has 104 valence electrons. The van der Waals surface area contributed by atoms with E-state index in [-0.39, 0.29) is 6.04 Å². The standard InChI is InChI=1S/C13H25N3O2/c1-10(14)13-11(2)15-16(12(13)3)6-9-18-8-5-7-17-4/h10H,5-9,14H2,1-4H3. The fraction of sp³-hybridized carbons (Fsp3) is 0.769. The monoisotopic (exact) mass is 255 g/mol. The number of hydrogen-bond donors (Lipinski definition) is 1. The van der Waals surface area contributed by atoms with Gasteiger partial charge in [-0.25, -0.2) is 0 Å². The molecule has 5 heteroatoms. The van der Waals surface area contributed by atoms with E-state index in [4.69, 9.17) is 15.2 Å². The van der Waals surface area contributed by atoms with Gasteiger partial charge < -0.3 is 15.2 Å². The summed E-state index contributed by atoms with van der Waals surface area (Å²) in [5, 5.41) is 4.50. The van der Waals surface area contributed by atoms with Gasteiger partial charge in [-0.05, 0) is 27.2 Å². The molecule has 0 saturated carbocycles. The molecule has 1 unspecified atom stereocenters. The second kappa shape index (κ2) is 7.51. The van der Waals surface area contributed by atoms with E-state index in [0.717, 1.165) is 43.1 Å². The van der Waals surface area contributed by atoms with Gasteiger partial charge in [-0.3, -0.25) is 4.68 Å². The number of nitrogens with two attached hydrogens (primary N) is 1. The normalized spacial score (nSPS) is 12.9. The van der Waals surface area contributed by atoms with Gasteiger partial charge in [-0.15, -0.1) is 0 Å². The van der Waals surface area contributed by atoms with Gasteiger partial charge in [0.1, 0.15) is 0 Å². The van der Waals surface area contributed by atoms with Crippen LogP contribution in [0.1, 0.15) is 36.3 Å². The number of hydrogen-bond acceptors (Lipinski definition) is 4. The largest absolute Gasteiger partial charge is 0.385 e. The zero-order valence-electron chi connectivity index (χ0n) is 11.9. The quantitative estimate of drug-likeness (QED) is 0.716. The van der Waals surface area contributed by atoms with Gasteiger partial charge in [0, 0.05) is 37.6 Å². The Kier molecular flexibility index (Phi) is 6.32. The molecule has 1 heterocycles. The summed E-state index contributed by atoms with van der Waals surface area (Å²) in [6.07, 6.45) is 0.929. The number of rotatable bonds is 8. The van der Waals surface area contributed by atoms with Gasteiger partial charge in [-0.2, -0.15) is 5.10 Å². The molecule has 2 N–H and O–H groups in total. The number of aryl methyl sites for hydroxylation is 1. The van der Waals surface area contributed by atoms with Crippen molar-refractivity contribution in [2.75, 3.05) is 26.9 Å². The third-order valence-electron chi connectivity index (χ3n) is 2.98. The van der Waals surface area contributed by atoms with Gasteiger partial charge in [0.2, 0.25) is 0 Å². The van der Waals surface area contributed by atoms with Crippen molar-refractivity contribution in [2.45, 2.75) is 39.8 Å². The van der Waals surface area contributed by atoms with Gasteiger partial charge in [-0.1, -0.05) is 0 Å². The van der Waals surface area contributed by atoms with Crippen LogP contribution in [0.25, 0.3) is 0 Å². The Bertz CT molecular complexity index is 361. The van der Waals surface area contributed by atoms with Crippen LogP contribution in [0.4, 0.5) is 0 Å². The topological polar surface area (TPSA) is 62.3 Å². The summed E-state index contributed by atoms with van der Waals surface area (Å²) in [4.78, 5) is 0. The van der Waals surface area contributed by atoms with E-state index in [1.165, 1.54) is 0 Å². The molecule has 0 bridgehead atoms. The van der Waals surface area contributed by atoms with Crippen molar-refractivity contribution < 1.29 is 9.47 Å². The summed E-state index contributed by atoms with van der Waals surface area (Å²) >= 11 is 0. The third-order valence-corrected chi connectivity index (χ3v) is 2.98. The molecule has 0 aliphatic rings. The van der Waals surface area contributed by atoms with Crippen molar-refractivity contribution in [3.05, 3.63) is 17.0 Å². The lowest BCUT2D eigenvalue weighted by molar-refractivity contribution is 0.0958. The molecule has 0 aliphatic heterocycles. The zero-order chi connectivity index (χ0) is 13.5. The van der Waals surface area contributed by atoms with Crippen LogP contribution in [-0.4, -0.2) is 36.7 Å². The Morgan fingerprint density at radius 1 is 1.28 bits per heavy atom. The summed E-state index contributed by atoms with van der Waals surface area (Å²) in [5.41, 5.74) is 9.24.